The van der Waals surface area contributed by atoms with Crippen LogP contribution in [0.2, 0.25) is 0 Å². The maximum Gasteiger partial charge on any atom is 0.331 e. The van der Waals surface area contributed by atoms with E-state index in [0.717, 1.165) is 15.4 Å². The van der Waals surface area contributed by atoms with Gasteiger partial charge in [0.05, 0.1) is 17.5 Å². The molecule has 23 heavy (non-hydrogen) atoms. The van der Waals surface area contributed by atoms with Crippen molar-refractivity contribution >= 4 is 16.1 Å². The number of benzene rings is 2. The van der Waals surface area contributed by atoms with Gasteiger partial charge in [-0.05, 0) is 31.0 Å². The number of amides is 2. The Morgan fingerprint density at radius 2 is 1.74 bits per heavy atom. The van der Waals surface area contributed by atoms with E-state index in [1.807, 2.05) is 37.3 Å². The lowest BCUT2D eigenvalue weighted by Gasteiger charge is -2.15. The first-order valence-electron chi connectivity index (χ1n) is 7.40. The van der Waals surface area contributed by atoms with Gasteiger partial charge in [-0.15, -0.1) is 0 Å². The van der Waals surface area contributed by atoms with Crippen LogP contribution in [-0.4, -0.2) is 31.3 Å². The Balaban J connectivity index is 1.78. The van der Waals surface area contributed by atoms with Crippen molar-refractivity contribution in [3.63, 3.8) is 0 Å². The summed E-state index contributed by atoms with van der Waals surface area (Å²) in [5, 5.41) is 2.75. The zero-order valence-electron chi connectivity index (χ0n) is 12.8. The summed E-state index contributed by atoms with van der Waals surface area (Å²) in [6, 6.07) is 15.4. The molecule has 6 heteroatoms. The van der Waals surface area contributed by atoms with Crippen LogP contribution >= 0.6 is 0 Å². The number of aryl methyl sites for hydroxylation is 1. The monoisotopic (exact) mass is 330 g/mol. The summed E-state index contributed by atoms with van der Waals surface area (Å²) in [5.41, 5.74) is 2.03. The Morgan fingerprint density at radius 1 is 1.09 bits per heavy atom. The van der Waals surface area contributed by atoms with Crippen LogP contribution in [0.15, 0.2) is 59.5 Å². The molecule has 1 saturated heterocycles. The fourth-order valence-corrected chi connectivity index (χ4v) is 4.02. The molecule has 0 bridgehead atoms. The number of rotatable bonds is 4. The molecule has 0 saturated carbocycles. The van der Waals surface area contributed by atoms with Crippen LogP contribution in [0.1, 0.15) is 11.1 Å². The topological polar surface area (TPSA) is 66.5 Å². The molecule has 1 unspecified atom stereocenters. The van der Waals surface area contributed by atoms with Crippen molar-refractivity contribution in [3.8, 4) is 0 Å². The number of sulfonamides is 1. The molecule has 0 radical (unpaired) electrons. The van der Waals surface area contributed by atoms with E-state index < -0.39 is 16.1 Å². The third kappa shape index (κ3) is 3.22. The first kappa shape index (κ1) is 15.6. The van der Waals surface area contributed by atoms with Gasteiger partial charge >= 0.3 is 6.03 Å². The van der Waals surface area contributed by atoms with Crippen LogP contribution in [0, 0.1) is 6.92 Å². The smallest absolute Gasteiger partial charge is 0.331 e. The highest BCUT2D eigenvalue weighted by Crippen LogP contribution is 2.21. The molecule has 5 nitrogen and oxygen atoms in total. The minimum Gasteiger partial charge on any atom is -0.332 e. The third-order valence-corrected chi connectivity index (χ3v) is 5.64. The summed E-state index contributed by atoms with van der Waals surface area (Å²) in [6.45, 7) is 2.03. The van der Waals surface area contributed by atoms with Gasteiger partial charge in [-0.1, -0.05) is 48.0 Å². The van der Waals surface area contributed by atoms with E-state index in [0.29, 0.717) is 6.42 Å². The molecule has 2 aromatic rings. The second kappa shape index (κ2) is 6.04. The Kier molecular flexibility index (Phi) is 4.09. The minimum absolute atomic E-state index is 0.138. The van der Waals surface area contributed by atoms with Gasteiger partial charge in [0.15, 0.2) is 0 Å². The summed E-state index contributed by atoms with van der Waals surface area (Å²) in [4.78, 5) is 12.2. The quantitative estimate of drug-likeness (QED) is 0.935. The van der Waals surface area contributed by atoms with Crippen molar-refractivity contribution in [2.75, 3.05) is 6.54 Å². The van der Waals surface area contributed by atoms with E-state index in [-0.39, 0.29) is 17.5 Å². The lowest BCUT2D eigenvalue weighted by atomic mass is 10.1. The molecule has 1 aliphatic heterocycles. The first-order valence-corrected chi connectivity index (χ1v) is 8.84. The molecule has 120 valence electrons. The molecule has 1 fully saturated rings. The normalized spacial score (nSPS) is 18.0. The van der Waals surface area contributed by atoms with Gasteiger partial charge in [0.25, 0.3) is 10.0 Å². The second-order valence-corrected chi connectivity index (χ2v) is 7.55. The zero-order valence-corrected chi connectivity index (χ0v) is 13.6. The van der Waals surface area contributed by atoms with Gasteiger partial charge in [0.2, 0.25) is 0 Å². The second-order valence-electron chi connectivity index (χ2n) is 5.69. The van der Waals surface area contributed by atoms with E-state index in [1.54, 1.807) is 12.1 Å². The predicted octanol–water partition coefficient (Wildman–Crippen LogP) is 2.32. The maximum atomic E-state index is 12.6. The first-order chi connectivity index (χ1) is 11.0. The molecule has 0 aromatic heterocycles. The lowest BCUT2D eigenvalue weighted by Crippen LogP contribution is -2.34. The zero-order chi connectivity index (χ0) is 16.4. The van der Waals surface area contributed by atoms with Crippen LogP contribution < -0.4 is 5.32 Å². The van der Waals surface area contributed by atoms with E-state index in [9.17, 15) is 13.2 Å². The highest BCUT2D eigenvalue weighted by molar-refractivity contribution is 7.89. The highest BCUT2D eigenvalue weighted by Gasteiger charge is 2.37. The Bertz CT molecular complexity index is 801. The molecule has 2 amide bonds. The Labute approximate surface area is 136 Å². The highest BCUT2D eigenvalue weighted by atomic mass is 32.2. The average Bonchev–Trinajstić information content (AvgIpc) is 2.90. The molecule has 1 atom stereocenters. The number of nitrogens with zero attached hydrogens (tertiary/aromatic N) is 1. The molecule has 1 heterocycles. The van der Waals surface area contributed by atoms with Crippen LogP contribution in [0.3, 0.4) is 0 Å². The van der Waals surface area contributed by atoms with Crippen molar-refractivity contribution in [3.05, 3.63) is 65.7 Å². The maximum absolute atomic E-state index is 12.6. The van der Waals surface area contributed by atoms with Crippen molar-refractivity contribution < 1.29 is 13.2 Å². The van der Waals surface area contributed by atoms with Gasteiger partial charge in [-0.2, -0.15) is 0 Å². The largest absolute Gasteiger partial charge is 0.332 e. The molecule has 0 spiro atoms. The molecule has 3 rings (SSSR count). The SMILES string of the molecule is Cc1ccc(S(=O)(=O)N2CC(Cc3ccccc3)NC2=O)cc1. The van der Waals surface area contributed by atoms with Crippen LogP contribution in [0.5, 0.6) is 0 Å². The van der Waals surface area contributed by atoms with Crippen molar-refractivity contribution in [2.45, 2.75) is 24.3 Å². The molecule has 1 aliphatic rings. The molecule has 2 aromatic carbocycles. The van der Waals surface area contributed by atoms with Gasteiger partial charge in [-0.25, -0.2) is 17.5 Å². The summed E-state index contributed by atoms with van der Waals surface area (Å²) in [5.74, 6) is 0. The minimum atomic E-state index is -3.81. The molecular weight excluding hydrogens is 312 g/mol. The van der Waals surface area contributed by atoms with Gasteiger partial charge < -0.3 is 5.32 Å². The molecule has 1 N–H and O–H groups in total. The number of nitrogens with one attached hydrogen (secondary N) is 1. The fraction of sp³-hybridized carbons (Fsp3) is 0.235. The van der Waals surface area contributed by atoms with Crippen LogP contribution in [0.4, 0.5) is 4.79 Å². The van der Waals surface area contributed by atoms with E-state index in [2.05, 4.69) is 5.32 Å². The van der Waals surface area contributed by atoms with E-state index in [4.69, 9.17) is 0 Å². The summed E-state index contributed by atoms with van der Waals surface area (Å²) in [6.07, 6.45) is 0.604. The lowest BCUT2D eigenvalue weighted by molar-refractivity contribution is 0.235. The number of carbonyl (C=O) groups is 1. The fourth-order valence-electron chi connectivity index (χ4n) is 2.63. The molecular formula is C17H18N2O3S. The molecule has 0 aliphatic carbocycles. The Hall–Kier alpha value is -2.34. The van der Waals surface area contributed by atoms with Crippen LogP contribution in [-0.2, 0) is 16.4 Å². The summed E-state index contributed by atoms with van der Waals surface area (Å²) >= 11 is 0. The summed E-state index contributed by atoms with van der Waals surface area (Å²) in [7, 11) is -3.81. The van der Waals surface area contributed by atoms with Crippen molar-refractivity contribution in [1.29, 1.82) is 0 Å². The summed E-state index contributed by atoms with van der Waals surface area (Å²) < 4.78 is 26.2. The average molecular weight is 330 g/mol. The van der Waals surface area contributed by atoms with Crippen molar-refractivity contribution in [1.82, 2.24) is 9.62 Å². The number of urea groups is 1. The van der Waals surface area contributed by atoms with Gasteiger partial charge in [-0.3, -0.25) is 0 Å². The van der Waals surface area contributed by atoms with E-state index >= 15 is 0 Å². The third-order valence-electron chi connectivity index (χ3n) is 3.87. The van der Waals surface area contributed by atoms with Gasteiger partial charge in [0.1, 0.15) is 0 Å². The van der Waals surface area contributed by atoms with Crippen molar-refractivity contribution in [2.24, 2.45) is 0 Å². The number of hydrogen-bond acceptors (Lipinski definition) is 3. The standard InChI is InChI=1S/C17H18N2O3S/c1-13-7-9-16(10-8-13)23(21,22)19-12-15(18-17(19)20)11-14-5-3-2-4-6-14/h2-10,15H,11-12H2,1H3,(H,18,20). The van der Waals surface area contributed by atoms with E-state index in [1.165, 1.54) is 12.1 Å². The number of carbonyl (C=O) groups excluding carboxylic acids is 1. The predicted molar refractivity (Wildman–Crippen MR) is 87.5 cm³/mol. The van der Waals surface area contributed by atoms with Crippen LogP contribution in [0.25, 0.3) is 0 Å². The Morgan fingerprint density at radius 3 is 2.39 bits per heavy atom. The number of hydrogen-bond donors (Lipinski definition) is 1. The van der Waals surface area contributed by atoms with Gasteiger partial charge in [0, 0.05) is 0 Å².